The Morgan fingerprint density at radius 3 is 2.58 bits per heavy atom. The first kappa shape index (κ1) is 44.1. The van der Waals surface area contributed by atoms with E-state index in [0.29, 0.717) is 69.1 Å². The van der Waals surface area contributed by atoms with Crippen LogP contribution in [0.25, 0.3) is 28.1 Å². The van der Waals surface area contributed by atoms with Gasteiger partial charge in [0.15, 0.2) is 17.6 Å². The summed E-state index contributed by atoms with van der Waals surface area (Å²) in [5, 5.41) is 64.9. The number of aliphatic hydroxyl groups is 3. The molecule has 64 heavy (non-hydrogen) atoms. The van der Waals surface area contributed by atoms with Gasteiger partial charge in [0.2, 0.25) is 0 Å². The van der Waals surface area contributed by atoms with Gasteiger partial charge in [-0.05, 0) is 121 Å². The molecule has 0 bridgehead atoms. The second-order valence-electron chi connectivity index (χ2n) is 18.7. The number of ether oxygens (including phenoxy) is 4. The van der Waals surface area contributed by atoms with E-state index < -0.39 is 23.4 Å². The number of rotatable bonds is 17. The van der Waals surface area contributed by atoms with Crippen LogP contribution in [-0.4, -0.2) is 101 Å². The van der Waals surface area contributed by atoms with E-state index in [9.17, 15) is 25.5 Å². The Labute approximate surface area is 374 Å². The fourth-order valence-corrected chi connectivity index (χ4v) is 10.9. The predicted octanol–water partition coefficient (Wildman–Crippen LogP) is 6.30. The van der Waals surface area contributed by atoms with Gasteiger partial charge in [0.25, 0.3) is 0 Å². The van der Waals surface area contributed by atoms with E-state index in [4.69, 9.17) is 18.9 Å². The lowest BCUT2D eigenvalue weighted by Crippen LogP contribution is -2.56. The number of nitrogens with one attached hydrogen (secondary N) is 4. The monoisotopic (exact) mass is 874 g/mol. The molecule has 340 valence electrons. The number of H-pyrrole nitrogens is 1. The summed E-state index contributed by atoms with van der Waals surface area (Å²) in [7, 11) is 1.84. The van der Waals surface area contributed by atoms with Gasteiger partial charge >= 0.3 is 0 Å². The molecule has 0 saturated carbocycles. The van der Waals surface area contributed by atoms with Gasteiger partial charge < -0.3 is 60.1 Å². The molecule has 6 atom stereocenters. The first-order valence-electron chi connectivity index (χ1n) is 22.7. The van der Waals surface area contributed by atoms with Gasteiger partial charge in [0.05, 0.1) is 25.5 Å². The molecular formula is C51H62N4O9. The summed E-state index contributed by atoms with van der Waals surface area (Å²) < 4.78 is 27.1. The summed E-state index contributed by atoms with van der Waals surface area (Å²) in [6.07, 6.45) is 8.03. The van der Waals surface area contributed by atoms with Crippen molar-refractivity contribution in [1.29, 1.82) is 0 Å². The molecule has 0 radical (unpaired) electrons. The van der Waals surface area contributed by atoms with Crippen molar-refractivity contribution < 1.29 is 44.5 Å². The van der Waals surface area contributed by atoms with Crippen LogP contribution in [0.3, 0.4) is 0 Å². The Hall–Kier alpha value is -5.12. The lowest BCUT2D eigenvalue weighted by atomic mass is 9.64. The van der Waals surface area contributed by atoms with Gasteiger partial charge in [-0.2, -0.15) is 0 Å². The Kier molecular flexibility index (Phi) is 12.4. The summed E-state index contributed by atoms with van der Waals surface area (Å²) in [4.78, 5) is 3.33. The third kappa shape index (κ3) is 8.23. The van der Waals surface area contributed by atoms with Gasteiger partial charge in [-0.25, -0.2) is 0 Å². The summed E-state index contributed by atoms with van der Waals surface area (Å²) in [5.41, 5.74) is 7.92. The fraction of sp³-hybridized carbons (Fsp3) is 0.451. The van der Waals surface area contributed by atoms with Crippen molar-refractivity contribution >= 4 is 17.0 Å². The smallest absolute Gasteiger partial charge is 0.161 e. The topological polar surface area (TPSA) is 190 Å². The van der Waals surface area contributed by atoms with Crippen molar-refractivity contribution in [3.05, 3.63) is 106 Å². The van der Waals surface area contributed by atoms with Crippen molar-refractivity contribution in [1.82, 2.24) is 20.9 Å². The molecular weight excluding hydrogens is 813 g/mol. The van der Waals surface area contributed by atoms with Gasteiger partial charge in [0, 0.05) is 66.1 Å². The average molecular weight is 875 g/mol. The van der Waals surface area contributed by atoms with E-state index in [-0.39, 0.29) is 55.6 Å². The zero-order valence-corrected chi connectivity index (χ0v) is 37.2. The number of allylic oxidation sites excluding steroid dienone is 1. The number of fused-ring (bicyclic) bond motifs is 8. The van der Waals surface area contributed by atoms with E-state index in [0.717, 1.165) is 55.6 Å². The highest BCUT2D eigenvalue weighted by molar-refractivity contribution is 5.89. The van der Waals surface area contributed by atoms with Gasteiger partial charge in [0.1, 0.15) is 35.6 Å². The minimum Gasteiger partial charge on any atom is -0.507 e. The molecule has 13 heteroatoms. The number of hydrogen-bond acceptors (Lipinski definition) is 12. The van der Waals surface area contributed by atoms with Crippen molar-refractivity contribution in [3.63, 3.8) is 0 Å². The first-order chi connectivity index (χ1) is 30.9. The highest BCUT2D eigenvalue weighted by Gasteiger charge is 2.51. The minimum absolute atomic E-state index is 0.000938. The molecule has 3 heterocycles. The van der Waals surface area contributed by atoms with Crippen LogP contribution < -0.4 is 30.2 Å². The van der Waals surface area contributed by atoms with E-state index in [1.165, 1.54) is 5.56 Å². The molecule has 9 rings (SSSR count). The number of hydrogen-bond donors (Lipinski definition) is 9. The van der Waals surface area contributed by atoms with Crippen molar-refractivity contribution in [2.45, 2.75) is 88.1 Å². The highest BCUT2D eigenvalue weighted by atomic mass is 16.6. The second-order valence-corrected chi connectivity index (χ2v) is 18.7. The lowest BCUT2D eigenvalue weighted by molar-refractivity contribution is -0.129. The molecule has 1 aromatic heterocycles. The number of aromatic hydroxyl groups is 2. The zero-order valence-electron chi connectivity index (χ0n) is 37.2. The Bertz CT molecular complexity index is 2530. The molecule has 13 nitrogen and oxygen atoms in total. The lowest BCUT2D eigenvalue weighted by Gasteiger charge is -2.48. The van der Waals surface area contributed by atoms with E-state index in [2.05, 4.69) is 71.2 Å². The third-order valence-electron chi connectivity index (χ3n) is 13.5. The molecule has 4 aliphatic rings. The molecule has 2 aliphatic heterocycles. The summed E-state index contributed by atoms with van der Waals surface area (Å²) >= 11 is 0. The molecule has 6 unspecified atom stereocenters. The minimum atomic E-state index is -1.04. The van der Waals surface area contributed by atoms with Gasteiger partial charge in [-0.1, -0.05) is 44.2 Å². The molecule has 9 N–H and O–H groups in total. The van der Waals surface area contributed by atoms with Crippen LogP contribution in [0.4, 0.5) is 0 Å². The Morgan fingerprint density at radius 2 is 1.78 bits per heavy atom. The van der Waals surface area contributed by atoms with Crippen LogP contribution >= 0.6 is 0 Å². The maximum Gasteiger partial charge on any atom is 0.161 e. The molecule has 0 amide bonds. The van der Waals surface area contributed by atoms with Crippen LogP contribution in [0.2, 0.25) is 0 Å². The molecule has 0 spiro atoms. The van der Waals surface area contributed by atoms with Gasteiger partial charge in [-0.15, -0.1) is 0 Å². The maximum atomic E-state index is 11.4. The number of aromatic amines is 1. The van der Waals surface area contributed by atoms with Crippen LogP contribution in [0.5, 0.6) is 28.7 Å². The van der Waals surface area contributed by atoms with E-state index in [1.807, 2.05) is 32.3 Å². The number of aliphatic hydroxyl groups excluding tert-OH is 2. The standard InChI is InChI=1S/C51H62N4O9/c1-29(2)22-50(3,60)25-53-27-54-26-51(62-28-52-4)23-40-39-21-38-34(30-5-12-41-31(19-30)15-16-55-41)9-10-35-42(58)14-11-36(45(35)38)46(39)48-37(8-7-33(24-57)63-48)47(40)64-49(51)32-6-13-43(59)44(20-32)61-18-17-56/h5-6,9-16,19-20,29,33-34,38,49,52-60H,7-8,17-18,21-28H2,1-4H3. The number of benzene rings is 4. The van der Waals surface area contributed by atoms with E-state index in [1.54, 1.807) is 18.2 Å². The van der Waals surface area contributed by atoms with Crippen molar-refractivity contribution in [2.24, 2.45) is 5.92 Å². The Morgan fingerprint density at radius 1 is 0.953 bits per heavy atom. The van der Waals surface area contributed by atoms with Crippen LogP contribution in [-0.2, 0) is 24.0 Å². The van der Waals surface area contributed by atoms with Crippen LogP contribution in [0.1, 0.15) is 90.5 Å². The zero-order chi connectivity index (χ0) is 44.8. The molecule has 2 aliphatic carbocycles. The highest BCUT2D eigenvalue weighted by Crippen LogP contribution is 2.60. The fourth-order valence-electron chi connectivity index (χ4n) is 10.9. The van der Waals surface area contributed by atoms with Crippen LogP contribution in [0, 0.1) is 5.92 Å². The van der Waals surface area contributed by atoms with E-state index >= 15 is 0 Å². The molecule has 0 saturated heterocycles. The number of aromatic nitrogens is 1. The van der Waals surface area contributed by atoms with Crippen molar-refractivity contribution in [2.75, 3.05) is 53.4 Å². The number of phenols is 2. The predicted molar refractivity (Wildman–Crippen MR) is 246 cm³/mol. The largest absolute Gasteiger partial charge is 0.507 e. The summed E-state index contributed by atoms with van der Waals surface area (Å²) in [5.74, 6) is 2.11. The quantitative estimate of drug-likeness (QED) is 0.0376. The Balaban J connectivity index is 1.20. The SMILES string of the molecule is CNCOC1(CNCNCC(C)(O)CC(C)C)Cc2c3c(c4c(c2OC1c1ccc(O)c(OCCO)c1)CCC(CO)O4)-c1ccc(O)c2c1C(C3)C(c1ccc3[nH]ccc3c1)C=C2. The summed E-state index contributed by atoms with van der Waals surface area (Å²) in [6, 6.07) is 17.6. The van der Waals surface area contributed by atoms with Crippen molar-refractivity contribution in [3.8, 4) is 39.9 Å². The normalized spacial score (nSPS) is 22.8. The first-order valence-corrected chi connectivity index (χ1v) is 22.7. The number of phenolic OH excluding ortho intramolecular Hbond substituents is 2. The summed E-state index contributed by atoms with van der Waals surface area (Å²) in [6.45, 7) is 7.02. The second kappa shape index (κ2) is 18.0. The molecule has 4 aromatic carbocycles. The third-order valence-corrected chi connectivity index (χ3v) is 13.5. The maximum absolute atomic E-state index is 11.4. The van der Waals surface area contributed by atoms with Gasteiger partial charge in [-0.3, -0.25) is 5.32 Å². The van der Waals surface area contributed by atoms with Crippen LogP contribution in [0.15, 0.2) is 66.9 Å². The average Bonchev–Trinajstić information content (AvgIpc) is 3.76. The molecule has 0 fully saturated rings. The molecule has 5 aromatic rings.